The van der Waals surface area contributed by atoms with Crippen molar-refractivity contribution in [2.24, 2.45) is 5.92 Å². The first-order chi connectivity index (χ1) is 10.6. The van der Waals surface area contributed by atoms with E-state index in [9.17, 15) is 5.11 Å². The number of fused-ring (bicyclic) bond motifs is 1. The van der Waals surface area contributed by atoms with Gasteiger partial charge in [0.05, 0.1) is 12.2 Å². The van der Waals surface area contributed by atoms with E-state index in [4.69, 9.17) is 9.47 Å². The maximum Gasteiger partial charge on any atom is 0.123 e. The molecule has 0 aliphatic carbocycles. The number of benzene rings is 1. The third-order valence-electron chi connectivity index (χ3n) is 4.68. The first kappa shape index (κ1) is 15.8. The number of rotatable bonds is 3. The number of nitrogens with zero attached hydrogens (tertiary/aromatic N) is 1. The molecule has 0 saturated carbocycles. The van der Waals surface area contributed by atoms with Crippen LogP contribution in [0.1, 0.15) is 37.8 Å². The second kappa shape index (κ2) is 6.57. The first-order valence-corrected chi connectivity index (χ1v) is 8.27. The van der Waals surface area contributed by atoms with Gasteiger partial charge in [-0.15, -0.1) is 0 Å². The Morgan fingerprint density at radius 3 is 2.95 bits per heavy atom. The van der Waals surface area contributed by atoms with Gasteiger partial charge >= 0.3 is 0 Å². The molecule has 1 atom stereocenters. The summed E-state index contributed by atoms with van der Waals surface area (Å²) in [4.78, 5) is 2.49. The van der Waals surface area contributed by atoms with Crippen molar-refractivity contribution in [2.75, 3.05) is 26.3 Å². The summed E-state index contributed by atoms with van der Waals surface area (Å²) in [5.74, 6) is 1.65. The maximum absolute atomic E-state index is 9.33. The van der Waals surface area contributed by atoms with Crippen LogP contribution in [0.15, 0.2) is 18.2 Å². The van der Waals surface area contributed by atoms with Crippen molar-refractivity contribution in [1.29, 1.82) is 0 Å². The minimum absolute atomic E-state index is 0.00717. The van der Waals surface area contributed by atoms with E-state index in [1.807, 2.05) is 12.1 Å². The van der Waals surface area contributed by atoms with E-state index in [-0.39, 0.29) is 12.2 Å². The molecule has 0 amide bonds. The minimum atomic E-state index is 0.00717. The lowest BCUT2D eigenvalue weighted by Crippen LogP contribution is -2.40. The molecule has 22 heavy (non-hydrogen) atoms. The largest absolute Gasteiger partial charge is 0.492 e. The predicted molar refractivity (Wildman–Crippen MR) is 85.9 cm³/mol. The van der Waals surface area contributed by atoms with Crippen molar-refractivity contribution in [1.82, 2.24) is 4.90 Å². The molecule has 1 aromatic rings. The Kier molecular flexibility index (Phi) is 4.71. The monoisotopic (exact) mass is 305 g/mol. The van der Waals surface area contributed by atoms with E-state index < -0.39 is 0 Å². The van der Waals surface area contributed by atoms with Crippen LogP contribution in [-0.2, 0) is 17.9 Å². The molecule has 2 heterocycles. The van der Waals surface area contributed by atoms with Gasteiger partial charge in [0.25, 0.3) is 0 Å². The van der Waals surface area contributed by atoms with Crippen LogP contribution in [0.4, 0.5) is 0 Å². The maximum atomic E-state index is 9.33. The molecule has 1 unspecified atom stereocenters. The SMILES string of the molecule is CC1(C)CC(CN2CCOc3ccc(CO)cc3C2)CCO1. The highest BCUT2D eigenvalue weighted by atomic mass is 16.5. The Morgan fingerprint density at radius 1 is 1.32 bits per heavy atom. The molecule has 4 heteroatoms. The number of aliphatic hydroxyl groups excluding tert-OH is 1. The average molecular weight is 305 g/mol. The van der Waals surface area contributed by atoms with Crippen LogP contribution >= 0.6 is 0 Å². The van der Waals surface area contributed by atoms with Gasteiger partial charge in [-0.2, -0.15) is 0 Å². The molecule has 1 aromatic carbocycles. The van der Waals surface area contributed by atoms with E-state index in [1.165, 1.54) is 5.56 Å². The van der Waals surface area contributed by atoms with Crippen LogP contribution in [0, 0.1) is 5.92 Å². The van der Waals surface area contributed by atoms with E-state index in [2.05, 4.69) is 24.8 Å². The van der Waals surface area contributed by atoms with Crippen LogP contribution in [0.2, 0.25) is 0 Å². The molecule has 1 N–H and O–H groups in total. The topological polar surface area (TPSA) is 41.9 Å². The first-order valence-electron chi connectivity index (χ1n) is 8.27. The molecule has 0 spiro atoms. The predicted octanol–water partition coefficient (Wildman–Crippen LogP) is 2.58. The van der Waals surface area contributed by atoms with E-state index in [0.717, 1.165) is 57.0 Å². The van der Waals surface area contributed by atoms with E-state index in [0.29, 0.717) is 5.92 Å². The summed E-state index contributed by atoms with van der Waals surface area (Å²) in [7, 11) is 0. The number of ether oxygens (including phenoxy) is 2. The number of hydrogen-bond acceptors (Lipinski definition) is 4. The van der Waals surface area contributed by atoms with E-state index >= 15 is 0 Å². The quantitative estimate of drug-likeness (QED) is 0.932. The molecule has 1 fully saturated rings. The molecule has 0 radical (unpaired) electrons. The molecular formula is C18H27NO3. The summed E-state index contributed by atoms with van der Waals surface area (Å²) < 4.78 is 11.7. The summed E-state index contributed by atoms with van der Waals surface area (Å²) >= 11 is 0. The zero-order valence-electron chi connectivity index (χ0n) is 13.7. The normalized spacial score (nSPS) is 25.1. The summed E-state index contributed by atoms with van der Waals surface area (Å²) in [5.41, 5.74) is 2.15. The van der Waals surface area contributed by atoms with Crippen molar-refractivity contribution < 1.29 is 14.6 Å². The van der Waals surface area contributed by atoms with Crippen LogP contribution < -0.4 is 4.74 Å². The molecule has 3 rings (SSSR count). The zero-order chi connectivity index (χ0) is 15.6. The molecular weight excluding hydrogens is 278 g/mol. The van der Waals surface area contributed by atoms with Crippen LogP contribution in [0.25, 0.3) is 0 Å². The molecule has 1 saturated heterocycles. The van der Waals surface area contributed by atoms with Crippen molar-refractivity contribution >= 4 is 0 Å². The summed E-state index contributed by atoms with van der Waals surface area (Å²) in [6, 6.07) is 6.00. The number of aliphatic hydroxyl groups is 1. The third-order valence-corrected chi connectivity index (χ3v) is 4.68. The zero-order valence-corrected chi connectivity index (χ0v) is 13.7. The standard InChI is InChI=1S/C18H27NO3/c1-18(2)10-15(5-7-22-18)11-19-6-8-21-17-4-3-14(13-20)9-16(17)12-19/h3-4,9,15,20H,5-8,10-13H2,1-2H3. The fraction of sp³-hybridized carbons (Fsp3) is 0.667. The Bertz CT molecular complexity index is 515. The molecule has 0 aromatic heterocycles. The number of hydrogen-bond donors (Lipinski definition) is 1. The molecule has 122 valence electrons. The van der Waals surface area contributed by atoms with E-state index in [1.54, 1.807) is 0 Å². The Morgan fingerprint density at radius 2 is 2.18 bits per heavy atom. The molecule has 2 aliphatic heterocycles. The highest BCUT2D eigenvalue weighted by Gasteiger charge is 2.30. The second-order valence-electron chi connectivity index (χ2n) is 7.15. The van der Waals surface area contributed by atoms with Gasteiger partial charge in [0.2, 0.25) is 0 Å². The third kappa shape index (κ3) is 3.80. The minimum Gasteiger partial charge on any atom is -0.492 e. The Hall–Kier alpha value is -1.10. The lowest BCUT2D eigenvalue weighted by atomic mass is 9.88. The molecule has 4 nitrogen and oxygen atoms in total. The van der Waals surface area contributed by atoms with Crippen molar-refractivity contribution in [3.63, 3.8) is 0 Å². The van der Waals surface area contributed by atoms with Gasteiger partial charge in [-0.25, -0.2) is 0 Å². The van der Waals surface area contributed by atoms with Crippen LogP contribution in [0.3, 0.4) is 0 Å². The summed E-state index contributed by atoms with van der Waals surface area (Å²) in [6.45, 7) is 9.02. The Balaban J connectivity index is 1.67. The second-order valence-corrected chi connectivity index (χ2v) is 7.15. The van der Waals surface area contributed by atoms with Crippen LogP contribution in [0.5, 0.6) is 5.75 Å². The van der Waals surface area contributed by atoms with Gasteiger partial charge in [-0.3, -0.25) is 4.90 Å². The Labute approximate surface area is 133 Å². The van der Waals surface area contributed by atoms with Crippen molar-refractivity contribution in [2.45, 2.75) is 45.4 Å². The van der Waals surface area contributed by atoms with Gasteiger partial charge in [0.15, 0.2) is 0 Å². The average Bonchev–Trinajstić information content (AvgIpc) is 2.66. The summed E-state index contributed by atoms with van der Waals surface area (Å²) in [6.07, 6.45) is 2.26. The molecule has 0 bridgehead atoms. The fourth-order valence-corrected chi connectivity index (χ4v) is 3.64. The van der Waals surface area contributed by atoms with Crippen LogP contribution in [-0.4, -0.2) is 41.9 Å². The van der Waals surface area contributed by atoms with Gasteiger partial charge in [-0.05, 0) is 50.3 Å². The van der Waals surface area contributed by atoms with Crippen molar-refractivity contribution in [3.8, 4) is 5.75 Å². The lowest BCUT2D eigenvalue weighted by molar-refractivity contribution is -0.0771. The summed E-state index contributed by atoms with van der Waals surface area (Å²) in [5, 5.41) is 9.33. The van der Waals surface area contributed by atoms with Crippen molar-refractivity contribution in [3.05, 3.63) is 29.3 Å². The fourth-order valence-electron chi connectivity index (χ4n) is 3.64. The van der Waals surface area contributed by atoms with Gasteiger partial charge < -0.3 is 14.6 Å². The van der Waals surface area contributed by atoms with Gasteiger partial charge in [-0.1, -0.05) is 6.07 Å². The van der Waals surface area contributed by atoms with Gasteiger partial charge in [0.1, 0.15) is 12.4 Å². The smallest absolute Gasteiger partial charge is 0.123 e. The highest BCUT2D eigenvalue weighted by Crippen LogP contribution is 2.31. The molecule has 2 aliphatic rings. The highest BCUT2D eigenvalue weighted by molar-refractivity contribution is 5.37. The lowest BCUT2D eigenvalue weighted by Gasteiger charge is -2.37. The van der Waals surface area contributed by atoms with Gasteiger partial charge in [0, 0.05) is 31.8 Å².